The second-order valence-electron chi connectivity index (χ2n) is 8.41. The number of hydrogen-bond donors (Lipinski definition) is 2. The van der Waals surface area contributed by atoms with Gasteiger partial charge in [-0.05, 0) is 42.2 Å². The molecule has 4 nitrogen and oxygen atoms in total. The highest BCUT2D eigenvalue weighted by atomic mass is 16.2. The molecule has 2 N–H and O–H groups in total. The van der Waals surface area contributed by atoms with Crippen LogP contribution in [0, 0.1) is 17.3 Å². The van der Waals surface area contributed by atoms with Gasteiger partial charge in [0.2, 0.25) is 11.8 Å². The number of rotatable bonds is 4. The molecule has 0 aromatic heterocycles. The Hall–Kier alpha value is -2.62. The van der Waals surface area contributed by atoms with E-state index < -0.39 is 0 Å². The first-order chi connectivity index (χ1) is 13.2. The molecule has 0 heterocycles. The molecule has 0 saturated heterocycles. The molecule has 4 heteroatoms. The van der Waals surface area contributed by atoms with E-state index in [1.54, 1.807) is 0 Å². The normalized spacial score (nSPS) is 25.9. The lowest BCUT2D eigenvalue weighted by Gasteiger charge is -2.26. The highest BCUT2D eigenvalue weighted by Crippen LogP contribution is 2.65. The van der Waals surface area contributed by atoms with Crippen LogP contribution in [0.4, 0.5) is 0 Å². The van der Waals surface area contributed by atoms with Crippen LogP contribution in [-0.4, -0.2) is 11.8 Å². The molecule has 3 fully saturated rings. The standard InChI is InChI=1S/C23H24N2O2/c26-20(18-14-22(18)12-7-13-22)24-25-21(27)19-15-23(19,16-8-3-1-4-9-16)17-10-5-2-6-11-17/h1-6,8-11,18-19H,7,12-15H2,(H,24,26)(H,25,27)/t18-,19-/m0/s1. The van der Waals surface area contributed by atoms with E-state index in [-0.39, 0.29) is 34.5 Å². The van der Waals surface area contributed by atoms with Crippen LogP contribution in [0.15, 0.2) is 60.7 Å². The van der Waals surface area contributed by atoms with E-state index in [1.165, 1.54) is 6.42 Å². The van der Waals surface area contributed by atoms with Crippen molar-refractivity contribution in [2.45, 2.75) is 37.5 Å². The van der Waals surface area contributed by atoms with Crippen molar-refractivity contribution in [3.63, 3.8) is 0 Å². The van der Waals surface area contributed by atoms with Gasteiger partial charge >= 0.3 is 0 Å². The zero-order chi connectivity index (χ0) is 18.5. The maximum atomic E-state index is 12.8. The van der Waals surface area contributed by atoms with Crippen molar-refractivity contribution in [1.29, 1.82) is 0 Å². The summed E-state index contributed by atoms with van der Waals surface area (Å²) in [6.45, 7) is 0. The molecule has 0 radical (unpaired) electrons. The van der Waals surface area contributed by atoms with Crippen molar-refractivity contribution in [3.05, 3.63) is 71.8 Å². The Morgan fingerprint density at radius 3 is 1.70 bits per heavy atom. The number of nitrogens with one attached hydrogen (secondary N) is 2. The smallest absolute Gasteiger partial charge is 0.242 e. The van der Waals surface area contributed by atoms with E-state index in [1.807, 2.05) is 36.4 Å². The molecule has 2 atom stereocenters. The molecule has 5 rings (SSSR count). The minimum Gasteiger partial charge on any atom is -0.273 e. The summed E-state index contributed by atoms with van der Waals surface area (Å²) in [5, 5.41) is 0. The molecule has 3 saturated carbocycles. The fourth-order valence-corrected chi connectivity index (χ4v) is 5.05. The lowest BCUT2D eigenvalue weighted by Crippen LogP contribution is -2.45. The molecule has 27 heavy (non-hydrogen) atoms. The van der Waals surface area contributed by atoms with Crippen LogP contribution >= 0.6 is 0 Å². The van der Waals surface area contributed by atoms with Gasteiger partial charge in [-0.2, -0.15) is 0 Å². The van der Waals surface area contributed by atoms with Gasteiger partial charge < -0.3 is 0 Å². The fraction of sp³-hybridized carbons (Fsp3) is 0.391. The Morgan fingerprint density at radius 2 is 1.26 bits per heavy atom. The third-order valence-electron chi connectivity index (χ3n) is 7.02. The third-order valence-corrected chi connectivity index (χ3v) is 7.02. The first-order valence-corrected chi connectivity index (χ1v) is 9.87. The summed E-state index contributed by atoms with van der Waals surface area (Å²) in [4.78, 5) is 25.2. The summed E-state index contributed by atoms with van der Waals surface area (Å²) in [7, 11) is 0. The Morgan fingerprint density at radius 1 is 0.741 bits per heavy atom. The van der Waals surface area contributed by atoms with Gasteiger partial charge in [-0.15, -0.1) is 0 Å². The van der Waals surface area contributed by atoms with Crippen LogP contribution < -0.4 is 10.9 Å². The van der Waals surface area contributed by atoms with Gasteiger partial charge in [-0.3, -0.25) is 20.4 Å². The minimum absolute atomic E-state index is 0.0197. The second kappa shape index (κ2) is 5.95. The molecule has 0 unspecified atom stereocenters. The van der Waals surface area contributed by atoms with Crippen LogP contribution in [0.5, 0.6) is 0 Å². The predicted octanol–water partition coefficient (Wildman–Crippen LogP) is 3.33. The number of hydrogen-bond acceptors (Lipinski definition) is 2. The van der Waals surface area contributed by atoms with Gasteiger partial charge in [0, 0.05) is 11.3 Å². The summed E-state index contributed by atoms with van der Waals surface area (Å²) in [6, 6.07) is 20.4. The summed E-state index contributed by atoms with van der Waals surface area (Å²) in [6.07, 6.45) is 5.29. The topological polar surface area (TPSA) is 58.2 Å². The maximum Gasteiger partial charge on any atom is 0.242 e. The van der Waals surface area contributed by atoms with Gasteiger partial charge in [-0.1, -0.05) is 67.1 Å². The zero-order valence-electron chi connectivity index (χ0n) is 15.3. The molecule has 2 aromatic rings. The first-order valence-electron chi connectivity index (χ1n) is 9.87. The summed E-state index contributed by atoms with van der Waals surface area (Å²) >= 11 is 0. The van der Waals surface area contributed by atoms with Gasteiger partial charge in [0.15, 0.2) is 0 Å². The number of benzene rings is 2. The average molecular weight is 360 g/mol. The van der Waals surface area contributed by atoms with E-state index in [4.69, 9.17) is 0 Å². The summed E-state index contributed by atoms with van der Waals surface area (Å²) < 4.78 is 0. The lowest BCUT2D eigenvalue weighted by atomic mass is 9.80. The van der Waals surface area contributed by atoms with E-state index in [2.05, 4.69) is 35.1 Å². The van der Waals surface area contributed by atoms with Crippen molar-refractivity contribution in [1.82, 2.24) is 10.9 Å². The third kappa shape index (κ3) is 2.58. The quantitative estimate of drug-likeness (QED) is 0.822. The molecule has 138 valence electrons. The molecular formula is C23H24N2O2. The van der Waals surface area contributed by atoms with Crippen LogP contribution in [0.25, 0.3) is 0 Å². The molecule has 3 aliphatic carbocycles. The van der Waals surface area contributed by atoms with Crippen LogP contribution in [0.1, 0.15) is 43.2 Å². The van der Waals surface area contributed by atoms with Gasteiger partial charge in [0.1, 0.15) is 0 Å². The minimum atomic E-state index is -0.299. The molecule has 3 aliphatic rings. The second-order valence-corrected chi connectivity index (χ2v) is 8.41. The van der Waals surface area contributed by atoms with Crippen molar-refractivity contribution in [2.24, 2.45) is 17.3 Å². The Balaban J connectivity index is 1.30. The van der Waals surface area contributed by atoms with Crippen molar-refractivity contribution in [2.75, 3.05) is 0 Å². The first kappa shape index (κ1) is 16.5. The van der Waals surface area contributed by atoms with Crippen LogP contribution in [0.3, 0.4) is 0 Å². The lowest BCUT2D eigenvalue weighted by molar-refractivity contribution is -0.131. The monoisotopic (exact) mass is 360 g/mol. The molecule has 2 aromatic carbocycles. The van der Waals surface area contributed by atoms with Gasteiger partial charge in [-0.25, -0.2) is 0 Å². The van der Waals surface area contributed by atoms with Gasteiger partial charge in [0.05, 0.1) is 5.92 Å². The molecule has 0 bridgehead atoms. The fourth-order valence-electron chi connectivity index (χ4n) is 5.05. The highest BCUT2D eigenvalue weighted by molar-refractivity contribution is 5.89. The Kier molecular flexibility index (Phi) is 3.64. The zero-order valence-corrected chi connectivity index (χ0v) is 15.3. The largest absolute Gasteiger partial charge is 0.273 e. The molecule has 1 spiro atoms. The van der Waals surface area contributed by atoms with E-state index in [9.17, 15) is 9.59 Å². The highest BCUT2D eigenvalue weighted by Gasteiger charge is 2.62. The summed E-state index contributed by atoms with van der Waals surface area (Å²) in [5.41, 5.74) is 7.67. The molecular weight excluding hydrogens is 336 g/mol. The van der Waals surface area contributed by atoms with Crippen LogP contribution in [0.2, 0.25) is 0 Å². The number of carbonyl (C=O) groups excluding carboxylic acids is 2. The van der Waals surface area contributed by atoms with E-state index in [0.717, 1.165) is 36.8 Å². The van der Waals surface area contributed by atoms with E-state index in [0.29, 0.717) is 0 Å². The van der Waals surface area contributed by atoms with Crippen molar-refractivity contribution >= 4 is 11.8 Å². The molecule has 0 aliphatic heterocycles. The number of carbonyl (C=O) groups is 2. The van der Waals surface area contributed by atoms with Crippen molar-refractivity contribution in [3.8, 4) is 0 Å². The molecule has 2 amide bonds. The SMILES string of the molecule is O=C(NNC(=O)[C@@H]1CC1(c1ccccc1)c1ccccc1)[C@@H]1CC12CCC2. The number of amides is 2. The summed E-state index contributed by atoms with van der Waals surface area (Å²) in [5.74, 6) is -0.189. The maximum absolute atomic E-state index is 12.8. The van der Waals surface area contributed by atoms with E-state index >= 15 is 0 Å². The van der Waals surface area contributed by atoms with Crippen molar-refractivity contribution < 1.29 is 9.59 Å². The number of hydrazine groups is 1. The Labute approximate surface area is 159 Å². The van der Waals surface area contributed by atoms with Crippen LogP contribution in [-0.2, 0) is 15.0 Å². The Bertz CT molecular complexity index is 834. The van der Waals surface area contributed by atoms with Gasteiger partial charge in [0.25, 0.3) is 0 Å². The average Bonchev–Trinajstić information content (AvgIpc) is 3.59. The predicted molar refractivity (Wildman–Crippen MR) is 102 cm³/mol.